The quantitative estimate of drug-likeness (QED) is 0.429. The van der Waals surface area contributed by atoms with Crippen molar-refractivity contribution in [2.75, 3.05) is 5.73 Å². The van der Waals surface area contributed by atoms with Gasteiger partial charge < -0.3 is 21.7 Å². The highest BCUT2D eigenvalue weighted by Crippen LogP contribution is 2.17. The molecule has 7 heteroatoms. The first kappa shape index (κ1) is 14.7. The van der Waals surface area contributed by atoms with Crippen molar-refractivity contribution >= 4 is 23.4 Å². The number of Topliss-reactive ketones (excluding diaryl/α,β-unsaturated/α-hetero) is 1. The highest BCUT2D eigenvalue weighted by Gasteiger charge is 2.17. The molecule has 0 fully saturated rings. The molecule has 1 atom stereocenters. The van der Waals surface area contributed by atoms with Crippen molar-refractivity contribution in [2.24, 2.45) is 5.73 Å². The number of carboxylic acids is 2. The molecule has 0 aliphatic heterocycles. The molecule has 1 aromatic carbocycles. The summed E-state index contributed by atoms with van der Waals surface area (Å²) in [4.78, 5) is 33.2. The first-order chi connectivity index (χ1) is 8.82. The first-order valence-corrected chi connectivity index (χ1v) is 5.47. The van der Waals surface area contributed by atoms with Crippen LogP contribution in [0.15, 0.2) is 18.2 Å². The highest BCUT2D eigenvalue weighted by molar-refractivity contribution is 6.03. The van der Waals surface area contributed by atoms with E-state index in [0.29, 0.717) is 0 Å². The number of hydrogen-bond acceptors (Lipinski definition) is 5. The van der Waals surface area contributed by atoms with Gasteiger partial charge in [-0.2, -0.15) is 0 Å². The molecule has 0 saturated carbocycles. The number of aliphatic carboxylic acids is 1. The first-order valence-electron chi connectivity index (χ1n) is 5.47. The lowest BCUT2D eigenvalue weighted by Gasteiger charge is -2.08. The largest absolute Gasteiger partial charge is 0.480 e. The number of carbonyl (C=O) groups excluding carboxylic acids is 1. The Kier molecular flexibility index (Phi) is 4.60. The summed E-state index contributed by atoms with van der Waals surface area (Å²) in [5.74, 6) is -2.80. The maximum Gasteiger partial charge on any atom is 0.335 e. The van der Waals surface area contributed by atoms with Gasteiger partial charge in [0, 0.05) is 17.7 Å². The molecule has 0 aliphatic rings. The Balaban J connectivity index is 2.84. The van der Waals surface area contributed by atoms with Gasteiger partial charge in [0.15, 0.2) is 5.78 Å². The Hall–Kier alpha value is -2.41. The second-order valence-corrected chi connectivity index (χ2v) is 4.01. The average molecular weight is 266 g/mol. The van der Waals surface area contributed by atoms with Crippen LogP contribution in [0.1, 0.15) is 33.6 Å². The minimum Gasteiger partial charge on any atom is -0.480 e. The van der Waals surface area contributed by atoms with Crippen molar-refractivity contribution < 1.29 is 24.6 Å². The van der Waals surface area contributed by atoms with Gasteiger partial charge in [0.25, 0.3) is 0 Å². The van der Waals surface area contributed by atoms with Gasteiger partial charge in [-0.05, 0) is 24.6 Å². The molecule has 19 heavy (non-hydrogen) atoms. The van der Waals surface area contributed by atoms with E-state index in [2.05, 4.69) is 0 Å². The summed E-state index contributed by atoms with van der Waals surface area (Å²) in [6, 6.07) is 2.66. The summed E-state index contributed by atoms with van der Waals surface area (Å²) in [6.07, 6.45) is -0.147. The fourth-order valence-corrected chi connectivity index (χ4v) is 1.48. The van der Waals surface area contributed by atoms with Crippen LogP contribution < -0.4 is 11.5 Å². The summed E-state index contributed by atoms with van der Waals surface area (Å²) in [5.41, 5.74) is 11.0. The molecule has 7 nitrogen and oxygen atoms in total. The topological polar surface area (TPSA) is 144 Å². The van der Waals surface area contributed by atoms with Gasteiger partial charge >= 0.3 is 11.9 Å². The number of nitrogen functional groups attached to an aromatic ring is 1. The number of aromatic carboxylic acids is 1. The number of rotatable bonds is 6. The van der Waals surface area contributed by atoms with Crippen molar-refractivity contribution in [3.8, 4) is 0 Å². The van der Waals surface area contributed by atoms with E-state index in [1.165, 1.54) is 18.2 Å². The third kappa shape index (κ3) is 3.78. The number of anilines is 1. The zero-order valence-corrected chi connectivity index (χ0v) is 10.00. The highest BCUT2D eigenvalue weighted by atomic mass is 16.4. The summed E-state index contributed by atoms with van der Waals surface area (Å²) >= 11 is 0. The van der Waals surface area contributed by atoms with Crippen molar-refractivity contribution in [1.29, 1.82) is 0 Å². The number of carboxylic acid groups (broad SMARTS) is 2. The predicted molar refractivity (Wildman–Crippen MR) is 67.0 cm³/mol. The van der Waals surface area contributed by atoms with Crippen LogP contribution in [0.2, 0.25) is 0 Å². The summed E-state index contributed by atoms with van der Waals surface area (Å²) in [6.45, 7) is 0. The van der Waals surface area contributed by atoms with Gasteiger partial charge in [-0.25, -0.2) is 4.79 Å². The van der Waals surface area contributed by atoms with Crippen molar-refractivity contribution in [2.45, 2.75) is 18.9 Å². The average Bonchev–Trinajstić information content (AvgIpc) is 2.35. The lowest BCUT2D eigenvalue weighted by Crippen LogP contribution is -2.30. The third-order valence-corrected chi connectivity index (χ3v) is 2.60. The fourth-order valence-electron chi connectivity index (χ4n) is 1.48. The van der Waals surface area contributed by atoms with E-state index in [9.17, 15) is 14.4 Å². The maximum absolute atomic E-state index is 11.8. The maximum atomic E-state index is 11.8. The number of benzene rings is 1. The molecule has 1 aromatic rings. The zero-order valence-electron chi connectivity index (χ0n) is 10.00. The summed E-state index contributed by atoms with van der Waals surface area (Å²) in [7, 11) is 0. The minimum absolute atomic E-state index is 0.0368. The molecule has 0 aromatic heterocycles. The number of carbonyl (C=O) groups is 3. The van der Waals surface area contributed by atoms with Gasteiger partial charge in [-0.1, -0.05) is 0 Å². The van der Waals surface area contributed by atoms with Crippen LogP contribution in [0, 0.1) is 0 Å². The van der Waals surface area contributed by atoms with E-state index in [1.54, 1.807) is 0 Å². The van der Waals surface area contributed by atoms with Crippen molar-refractivity contribution in [3.05, 3.63) is 29.3 Å². The smallest absolute Gasteiger partial charge is 0.335 e. The second kappa shape index (κ2) is 5.96. The van der Waals surface area contributed by atoms with Crippen LogP contribution >= 0.6 is 0 Å². The molecule has 1 rings (SSSR count). The standard InChI is InChI=1S/C12H14N2O5/c13-8-2-1-6(11(16)17)5-7(8)10(15)4-3-9(14)12(18)19/h1-2,5,9H,3-4,13-14H2,(H,16,17)(H,18,19)/t9-/m0/s1. The van der Waals surface area contributed by atoms with E-state index >= 15 is 0 Å². The number of hydrogen-bond donors (Lipinski definition) is 4. The Morgan fingerprint density at radius 3 is 2.37 bits per heavy atom. The van der Waals surface area contributed by atoms with E-state index in [-0.39, 0.29) is 29.7 Å². The minimum atomic E-state index is -1.19. The lowest BCUT2D eigenvalue weighted by molar-refractivity contribution is -0.138. The number of ketones is 1. The molecule has 0 unspecified atom stereocenters. The van der Waals surface area contributed by atoms with Gasteiger partial charge in [-0.3, -0.25) is 9.59 Å². The van der Waals surface area contributed by atoms with Crippen LogP contribution in [0.4, 0.5) is 5.69 Å². The van der Waals surface area contributed by atoms with E-state index < -0.39 is 23.8 Å². The van der Waals surface area contributed by atoms with Crippen molar-refractivity contribution in [3.63, 3.8) is 0 Å². The monoisotopic (exact) mass is 266 g/mol. The molecule has 0 radical (unpaired) electrons. The zero-order chi connectivity index (χ0) is 14.6. The molecule has 102 valence electrons. The molecule has 0 heterocycles. The Labute approximate surface area is 108 Å². The number of nitrogens with two attached hydrogens (primary N) is 2. The van der Waals surface area contributed by atoms with Gasteiger partial charge in [0.1, 0.15) is 6.04 Å². The normalized spacial score (nSPS) is 11.8. The molecular formula is C12H14N2O5. The summed E-state index contributed by atoms with van der Waals surface area (Å²) in [5, 5.41) is 17.4. The van der Waals surface area contributed by atoms with Gasteiger partial charge in [0.2, 0.25) is 0 Å². The SMILES string of the molecule is Nc1ccc(C(=O)O)cc1C(=O)CC[C@H](N)C(=O)O. The third-order valence-electron chi connectivity index (χ3n) is 2.60. The van der Waals surface area contributed by atoms with E-state index in [4.69, 9.17) is 21.7 Å². The molecule has 0 saturated heterocycles. The Morgan fingerprint density at radius 2 is 1.84 bits per heavy atom. The van der Waals surface area contributed by atoms with Crippen molar-refractivity contribution in [1.82, 2.24) is 0 Å². The second-order valence-electron chi connectivity index (χ2n) is 4.01. The van der Waals surface area contributed by atoms with Gasteiger partial charge in [0.05, 0.1) is 5.56 Å². The van der Waals surface area contributed by atoms with E-state index in [1.807, 2.05) is 0 Å². The fraction of sp³-hybridized carbons (Fsp3) is 0.250. The van der Waals surface area contributed by atoms with Crippen LogP contribution in [-0.2, 0) is 4.79 Å². The molecule has 0 aliphatic carbocycles. The predicted octanol–water partition coefficient (Wildman–Crippen LogP) is 0.342. The van der Waals surface area contributed by atoms with E-state index in [0.717, 1.165) is 0 Å². The van der Waals surface area contributed by atoms with Crippen LogP contribution in [0.5, 0.6) is 0 Å². The molecular weight excluding hydrogens is 252 g/mol. The molecule has 0 amide bonds. The molecule has 0 bridgehead atoms. The molecule has 0 spiro atoms. The van der Waals surface area contributed by atoms with Crippen LogP contribution in [0.25, 0.3) is 0 Å². The molecule has 6 N–H and O–H groups in total. The summed E-state index contributed by atoms with van der Waals surface area (Å²) < 4.78 is 0. The Morgan fingerprint density at radius 1 is 1.21 bits per heavy atom. The lowest BCUT2D eigenvalue weighted by atomic mass is 10.00. The van der Waals surface area contributed by atoms with Crippen LogP contribution in [0.3, 0.4) is 0 Å². The van der Waals surface area contributed by atoms with Gasteiger partial charge in [-0.15, -0.1) is 0 Å². The van der Waals surface area contributed by atoms with Crippen LogP contribution in [-0.4, -0.2) is 34.0 Å². The Bertz CT molecular complexity index is 527.